The van der Waals surface area contributed by atoms with Crippen molar-refractivity contribution in [2.75, 3.05) is 26.2 Å². The lowest BCUT2D eigenvalue weighted by Crippen LogP contribution is -2.54. The fourth-order valence-corrected chi connectivity index (χ4v) is 3.66. The van der Waals surface area contributed by atoms with Crippen molar-refractivity contribution < 1.29 is 13.9 Å². The van der Waals surface area contributed by atoms with Crippen molar-refractivity contribution in [3.8, 4) is 5.75 Å². The number of hydrogen-bond acceptors (Lipinski definition) is 4. The molecule has 2 N–H and O–H groups in total. The Morgan fingerprint density at radius 1 is 1.25 bits per heavy atom. The Labute approximate surface area is 169 Å². The van der Waals surface area contributed by atoms with Crippen molar-refractivity contribution in [3.05, 3.63) is 64.4 Å². The third-order valence-corrected chi connectivity index (χ3v) is 5.18. The number of nitrogens with two attached hydrogens (primary N) is 1. The Morgan fingerprint density at radius 3 is 2.68 bits per heavy atom. The molecule has 1 saturated heterocycles. The van der Waals surface area contributed by atoms with Gasteiger partial charge in [-0.05, 0) is 42.8 Å². The maximum Gasteiger partial charge on any atom is 0.260 e. The first-order valence-electron chi connectivity index (χ1n) is 9.34. The van der Waals surface area contributed by atoms with Crippen LogP contribution >= 0.6 is 11.6 Å². The van der Waals surface area contributed by atoms with Crippen LogP contribution in [0.15, 0.2) is 42.5 Å². The van der Waals surface area contributed by atoms with Gasteiger partial charge in [-0.3, -0.25) is 9.69 Å². The summed E-state index contributed by atoms with van der Waals surface area (Å²) >= 11 is 5.97. The highest BCUT2D eigenvalue weighted by atomic mass is 35.5. The second kappa shape index (κ2) is 9.37. The molecule has 1 atom stereocenters. The zero-order valence-corrected chi connectivity index (χ0v) is 16.7. The molecule has 5 nitrogen and oxygen atoms in total. The average Bonchev–Trinajstić information content (AvgIpc) is 2.68. The van der Waals surface area contributed by atoms with E-state index in [1.165, 1.54) is 12.1 Å². The van der Waals surface area contributed by atoms with Gasteiger partial charge in [-0.1, -0.05) is 23.7 Å². The van der Waals surface area contributed by atoms with Gasteiger partial charge in [0.05, 0.1) is 0 Å². The summed E-state index contributed by atoms with van der Waals surface area (Å²) in [6.45, 7) is 5.20. The van der Waals surface area contributed by atoms with Crippen molar-refractivity contribution in [1.29, 1.82) is 0 Å². The Hall–Kier alpha value is -2.15. The highest BCUT2D eigenvalue weighted by Gasteiger charge is 2.27. The van der Waals surface area contributed by atoms with Gasteiger partial charge in [0.2, 0.25) is 0 Å². The zero-order chi connectivity index (χ0) is 20.1. The molecule has 150 valence electrons. The largest absolute Gasteiger partial charge is 0.483 e. The van der Waals surface area contributed by atoms with E-state index in [0.717, 1.165) is 30.8 Å². The van der Waals surface area contributed by atoms with Crippen LogP contribution in [0.4, 0.5) is 4.39 Å². The number of halogens is 2. The molecule has 1 fully saturated rings. The standard InChI is InChI=1S/C21H25ClFN3O2/c1-15-12-25(13-16-2-5-19(23)6-3-16)8-9-26(15)21(27)14-28-20-7-4-18(22)10-17(20)11-24/h2-7,10,15H,8-9,11-14,24H2,1H3. The third kappa shape index (κ3) is 5.22. The minimum atomic E-state index is -0.231. The highest BCUT2D eigenvalue weighted by molar-refractivity contribution is 6.30. The monoisotopic (exact) mass is 405 g/mol. The number of carbonyl (C=O) groups excluding carboxylic acids is 1. The summed E-state index contributed by atoms with van der Waals surface area (Å²) in [5, 5.41) is 0.588. The zero-order valence-electron chi connectivity index (χ0n) is 15.9. The lowest BCUT2D eigenvalue weighted by molar-refractivity contribution is -0.138. The molecule has 7 heteroatoms. The van der Waals surface area contributed by atoms with Crippen LogP contribution in [-0.2, 0) is 17.9 Å². The normalized spacial score (nSPS) is 17.6. The molecule has 0 aliphatic carbocycles. The van der Waals surface area contributed by atoms with E-state index < -0.39 is 0 Å². The van der Waals surface area contributed by atoms with E-state index in [4.69, 9.17) is 22.1 Å². The van der Waals surface area contributed by atoms with Crippen LogP contribution in [0.1, 0.15) is 18.1 Å². The summed E-state index contributed by atoms with van der Waals surface area (Å²) in [6.07, 6.45) is 0. The van der Waals surface area contributed by atoms with E-state index in [0.29, 0.717) is 23.9 Å². The van der Waals surface area contributed by atoms with Crippen LogP contribution in [0.2, 0.25) is 5.02 Å². The van der Waals surface area contributed by atoms with Crippen molar-refractivity contribution in [2.24, 2.45) is 5.73 Å². The Morgan fingerprint density at radius 2 is 2.00 bits per heavy atom. The predicted octanol–water partition coefficient (Wildman–Crippen LogP) is 3.05. The summed E-state index contributed by atoms with van der Waals surface area (Å²) in [4.78, 5) is 16.8. The summed E-state index contributed by atoms with van der Waals surface area (Å²) in [5.74, 6) is 0.306. The van der Waals surface area contributed by atoms with Crippen molar-refractivity contribution in [1.82, 2.24) is 9.80 Å². The minimum absolute atomic E-state index is 0.0308. The number of ether oxygens (including phenoxy) is 1. The fraction of sp³-hybridized carbons (Fsp3) is 0.381. The van der Waals surface area contributed by atoms with Gasteiger partial charge < -0.3 is 15.4 Å². The molecular weight excluding hydrogens is 381 g/mol. The maximum atomic E-state index is 13.0. The lowest BCUT2D eigenvalue weighted by Gasteiger charge is -2.39. The fourth-order valence-electron chi connectivity index (χ4n) is 3.47. The third-order valence-electron chi connectivity index (χ3n) is 4.94. The van der Waals surface area contributed by atoms with Gasteiger partial charge in [-0.25, -0.2) is 4.39 Å². The molecular formula is C21H25ClFN3O2. The van der Waals surface area contributed by atoms with Gasteiger partial charge in [-0.2, -0.15) is 0 Å². The molecule has 0 aromatic heterocycles. The maximum absolute atomic E-state index is 13.0. The SMILES string of the molecule is CC1CN(Cc2ccc(F)cc2)CCN1C(=O)COc1ccc(Cl)cc1CN. The molecule has 3 rings (SSSR count). The van der Waals surface area contributed by atoms with Crippen molar-refractivity contribution in [3.63, 3.8) is 0 Å². The first kappa shape index (κ1) is 20.6. The number of piperazine rings is 1. The minimum Gasteiger partial charge on any atom is -0.483 e. The van der Waals surface area contributed by atoms with Crippen LogP contribution in [0.25, 0.3) is 0 Å². The van der Waals surface area contributed by atoms with Gasteiger partial charge in [-0.15, -0.1) is 0 Å². The first-order chi connectivity index (χ1) is 13.5. The number of benzene rings is 2. The van der Waals surface area contributed by atoms with E-state index in [-0.39, 0.29) is 24.4 Å². The van der Waals surface area contributed by atoms with Crippen LogP contribution in [0.3, 0.4) is 0 Å². The molecule has 2 aromatic rings. The summed E-state index contributed by atoms with van der Waals surface area (Å²) in [7, 11) is 0. The van der Waals surface area contributed by atoms with Crippen LogP contribution in [0.5, 0.6) is 5.75 Å². The summed E-state index contributed by atoms with van der Waals surface area (Å²) in [5.41, 5.74) is 7.56. The topological polar surface area (TPSA) is 58.8 Å². The molecule has 0 spiro atoms. The van der Waals surface area contributed by atoms with E-state index in [1.807, 2.05) is 11.8 Å². The molecule has 2 aromatic carbocycles. The van der Waals surface area contributed by atoms with E-state index in [9.17, 15) is 9.18 Å². The van der Waals surface area contributed by atoms with Gasteiger partial charge in [0.15, 0.2) is 6.61 Å². The van der Waals surface area contributed by atoms with E-state index >= 15 is 0 Å². The van der Waals surface area contributed by atoms with Gasteiger partial charge >= 0.3 is 0 Å². The first-order valence-corrected chi connectivity index (χ1v) is 9.71. The second-order valence-corrected chi connectivity index (χ2v) is 7.48. The highest BCUT2D eigenvalue weighted by Crippen LogP contribution is 2.23. The van der Waals surface area contributed by atoms with Gasteiger partial charge in [0.1, 0.15) is 11.6 Å². The van der Waals surface area contributed by atoms with Crippen LogP contribution in [-0.4, -0.2) is 48.0 Å². The van der Waals surface area contributed by atoms with Gasteiger partial charge in [0, 0.05) is 49.4 Å². The Balaban J connectivity index is 1.52. The van der Waals surface area contributed by atoms with Crippen molar-refractivity contribution in [2.45, 2.75) is 26.1 Å². The Bertz CT molecular complexity index is 816. The molecule has 1 amide bonds. The predicted molar refractivity (Wildman–Crippen MR) is 108 cm³/mol. The summed E-state index contributed by atoms with van der Waals surface area (Å²) < 4.78 is 18.7. The van der Waals surface area contributed by atoms with E-state index in [1.54, 1.807) is 30.3 Å². The number of hydrogen-bond donors (Lipinski definition) is 1. The smallest absolute Gasteiger partial charge is 0.260 e. The average molecular weight is 406 g/mol. The van der Waals surface area contributed by atoms with Crippen molar-refractivity contribution >= 4 is 17.5 Å². The quantitative estimate of drug-likeness (QED) is 0.802. The number of amides is 1. The number of carbonyl (C=O) groups is 1. The lowest BCUT2D eigenvalue weighted by atomic mass is 10.1. The molecule has 28 heavy (non-hydrogen) atoms. The molecule has 1 unspecified atom stereocenters. The van der Waals surface area contributed by atoms with Gasteiger partial charge in [0.25, 0.3) is 5.91 Å². The van der Waals surface area contributed by atoms with E-state index in [2.05, 4.69) is 4.90 Å². The van der Waals surface area contributed by atoms with Crippen LogP contribution < -0.4 is 10.5 Å². The summed E-state index contributed by atoms with van der Waals surface area (Å²) in [6, 6.07) is 11.8. The molecule has 1 aliphatic heterocycles. The molecule has 1 aliphatic rings. The molecule has 1 heterocycles. The molecule has 0 radical (unpaired) electrons. The second-order valence-electron chi connectivity index (χ2n) is 7.04. The molecule has 0 bridgehead atoms. The number of rotatable bonds is 6. The molecule has 0 saturated carbocycles. The Kier molecular flexibility index (Phi) is 6.88. The van der Waals surface area contributed by atoms with Crippen LogP contribution in [0, 0.1) is 5.82 Å². The number of nitrogens with zero attached hydrogens (tertiary/aromatic N) is 2.